The van der Waals surface area contributed by atoms with E-state index in [0.717, 1.165) is 0 Å². The predicted molar refractivity (Wildman–Crippen MR) is 97.9 cm³/mol. The Morgan fingerprint density at radius 1 is 0.963 bits per heavy atom. The van der Waals surface area contributed by atoms with Crippen molar-refractivity contribution in [2.45, 2.75) is 0 Å². The van der Waals surface area contributed by atoms with Gasteiger partial charge in [0.15, 0.2) is 6.61 Å². The van der Waals surface area contributed by atoms with E-state index >= 15 is 0 Å². The fraction of sp³-hybridized carbons (Fsp3) is 0.211. The van der Waals surface area contributed by atoms with Gasteiger partial charge in [-0.2, -0.15) is 0 Å². The van der Waals surface area contributed by atoms with Gasteiger partial charge in [0.25, 0.3) is 11.8 Å². The van der Waals surface area contributed by atoms with E-state index in [0.29, 0.717) is 22.7 Å². The molecule has 0 saturated carbocycles. The Bertz CT molecular complexity index is 821. The van der Waals surface area contributed by atoms with Crippen LogP contribution in [-0.2, 0) is 14.3 Å². The van der Waals surface area contributed by atoms with Crippen LogP contribution < -0.4 is 20.1 Å². The summed E-state index contributed by atoms with van der Waals surface area (Å²) in [5.74, 6) is -0.748. The highest BCUT2D eigenvalue weighted by atomic mass is 16.5. The van der Waals surface area contributed by atoms with Crippen molar-refractivity contribution in [2.75, 3.05) is 32.7 Å². The molecule has 2 amide bonds. The number of nitrogens with one attached hydrogen (secondary N) is 2. The normalized spacial score (nSPS) is 9.85. The quantitative estimate of drug-likeness (QED) is 0.683. The molecule has 0 fully saturated rings. The minimum Gasteiger partial charge on any atom is -0.497 e. The summed E-state index contributed by atoms with van der Waals surface area (Å²) in [6, 6.07) is 13.4. The van der Waals surface area contributed by atoms with Crippen LogP contribution in [0.25, 0.3) is 0 Å². The highest BCUT2D eigenvalue weighted by Crippen LogP contribution is 2.17. The molecule has 0 radical (unpaired) electrons. The van der Waals surface area contributed by atoms with Crippen LogP contribution in [0.3, 0.4) is 0 Å². The lowest BCUT2D eigenvalue weighted by Crippen LogP contribution is -2.32. The number of hydrogen-bond donors (Lipinski definition) is 2. The molecule has 0 saturated heterocycles. The third-order valence-electron chi connectivity index (χ3n) is 3.46. The summed E-state index contributed by atoms with van der Waals surface area (Å²) < 4.78 is 15.0. The second-order valence-electron chi connectivity index (χ2n) is 5.32. The molecule has 0 heterocycles. The maximum absolute atomic E-state index is 12.1. The molecular weight excluding hydrogens is 352 g/mol. The van der Waals surface area contributed by atoms with Crippen LogP contribution >= 0.6 is 0 Å². The molecule has 0 unspecified atom stereocenters. The zero-order valence-corrected chi connectivity index (χ0v) is 15.0. The van der Waals surface area contributed by atoms with Gasteiger partial charge in [0, 0.05) is 11.8 Å². The highest BCUT2D eigenvalue weighted by molar-refractivity contribution is 5.98. The highest BCUT2D eigenvalue weighted by Gasteiger charge is 2.14. The van der Waals surface area contributed by atoms with Gasteiger partial charge in [0.2, 0.25) is 0 Å². The second kappa shape index (κ2) is 9.81. The van der Waals surface area contributed by atoms with Gasteiger partial charge >= 0.3 is 5.97 Å². The molecule has 2 rings (SSSR count). The van der Waals surface area contributed by atoms with Crippen molar-refractivity contribution >= 4 is 23.5 Å². The Hall–Kier alpha value is -3.55. The SMILES string of the molecule is COc1cccc(NC(=O)COC(=O)CNC(=O)c2ccccc2OC)c1. The van der Waals surface area contributed by atoms with Crippen molar-refractivity contribution in [3.8, 4) is 11.5 Å². The van der Waals surface area contributed by atoms with Crippen molar-refractivity contribution in [1.82, 2.24) is 5.32 Å². The predicted octanol–water partition coefficient (Wildman–Crippen LogP) is 1.62. The Kier molecular flexibility index (Phi) is 7.18. The zero-order valence-electron chi connectivity index (χ0n) is 15.0. The van der Waals surface area contributed by atoms with Crippen LogP contribution in [0, 0.1) is 0 Å². The van der Waals surface area contributed by atoms with Gasteiger partial charge in [-0.3, -0.25) is 14.4 Å². The van der Waals surface area contributed by atoms with Gasteiger partial charge in [-0.05, 0) is 24.3 Å². The Morgan fingerprint density at radius 2 is 1.74 bits per heavy atom. The lowest BCUT2D eigenvalue weighted by atomic mass is 10.2. The number of rotatable bonds is 8. The molecule has 8 heteroatoms. The van der Waals surface area contributed by atoms with Crippen LogP contribution in [0.5, 0.6) is 11.5 Å². The molecule has 2 N–H and O–H groups in total. The number of para-hydroxylation sites is 1. The standard InChI is InChI=1S/C19H20N2O6/c1-25-14-7-5-6-13(10-14)21-17(22)12-27-18(23)11-20-19(24)15-8-3-4-9-16(15)26-2/h3-10H,11-12H2,1-2H3,(H,20,24)(H,21,22). The third-order valence-corrected chi connectivity index (χ3v) is 3.46. The van der Waals surface area contributed by atoms with E-state index in [9.17, 15) is 14.4 Å². The molecule has 2 aromatic rings. The van der Waals surface area contributed by atoms with E-state index in [4.69, 9.17) is 14.2 Å². The summed E-state index contributed by atoms with van der Waals surface area (Å²) in [6.45, 7) is -0.843. The fourth-order valence-electron chi connectivity index (χ4n) is 2.17. The van der Waals surface area contributed by atoms with Gasteiger partial charge in [-0.25, -0.2) is 0 Å². The summed E-state index contributed by atoms with van der Waals surface area (Å²) in [7, 11) is 2.96. The summed E-state index contributed by atoms with van der Waals surface area (Å²) in [6.07, 6.45) is 0. The van der Waals surface area contributed by atoms with E-state index in [1.807, 2.05) is 0 Å². The Balaban J connectivity index is 1.77. The average Bonchev–Trinajstić information content (AvgIpc) is 2.70. The molecule has 142 valence electrons. The van der Waals surface area contributed by atoms with Crippen LogP contribution in [0.1, 0.15) is 10.4 Å². The summed E-state index contributed by atoms with van der Waals surface area (Å²) >= 11 is 0. The van der Waals surface area contributed by atoms with E-state index in [2.05, 4.69) is 10.6 Å². The van der Waals surface area contributed by atoms with Gasteiger partial charge in [0.05, 0.1) is 19.8 Å². The number of anilines is 1. The van der Waals surface area contributed by atoms with Crippen LogP contribution in [0.15, 0.2) is 48.5 Å². The smallest absolute Gasteiger partial charge is 0.325 e. The van der Waals surface area contributed by atoms with Crippen molar-refractivity contribution in [1.29, 1.82) is 0 Å². The molecule has 8 nitrogen and oxygen atoms in total. The molecule has 0 aliphatic heterocycles. The Morgan fingerprint density at radius 3 is 2.48 bits per heavy atom. The first-order valence-corrected chi connectivity index (χ1v) is 8.04. The first-order valence-electron chi connectivity index (χ1n) is 8.04. The zero-order chi connectivity index (χ0) is 19.6. The maximum atomic E-state index is 12.1. The first-order chi connectivity index (χ1) is 13.0. The monoisotopic (exact) mass is 372 g/mol. The number of carbonyl (C=O) groups is 3. The van der Waals surface area contributed by atoms with Gasteiger partial charge in [0.1, 0.15) is 18.0 Å². The molecule has 0 spiro atoms. The van der Waals surface area contributed by atoms with E-state index in [-0.39, 0.29) is 6.54 Å². The van der Waals surface area contributed by atoms with Crippen LogP contribution in [-0.4, -0.2) is 45.2 Å². The van der Waals surface area contributed by atoms with Gasteiger partial charge in [-0.1, -0.05) is 18.2 Å². The van der Waals surface area contributed by atoms with Gasteiger partial charge < -0.3 is 24.8 Å². The number of benzene rings is 2. The summed E-state index contributed by atoms with van der Waals surface area (Å²) in [5, 5.41) is 5.00. The summed E-state index contributed by atoms with van der Waals surface area (Å²) in [5.41, 5.74) is 0.809. The molecule has 0 bridgehead atoms. The second-order valence-corrected chi connectivity index (χ2v) is 5.32. The van der Waals surface area contributed by atoms with E-state index in [1.54, 1.807) is 48.5 Å². The largest absolute Gasteiger partial charge is 0.497 e. The number of carbonyl (C=O) groups excluding carboxylic acids is 3. The lowest BCUT2D eigenvalue weighted by molar-refractivity contribution is -0.146. The summed E-state index contributed by atoms with van der Waals surface area (Å²) in [4.78, 5) is 35.6. The molecule has 0 aliphatic rings. The maximum Gasteiger partial charge on any atom is 0.325 e. The van der Waals surface area contributed by atoms with Crippen molar-refractivity contribution < 1.29 is 28.6 Å². The number of amides is 2. The van der Waals surface area contributed by atoms with Crippen molar-refractivity contribution in [2.24, 2.45) is 0 Å². The van der Waals surface area contributed by atoms with Crippen LogP contribution in [0.4, 0.5) is 5.69 Å². The first kappa shape index (κ1) is 19.8. The molecule has 0 aliphatic carbocycles. The number of methoxy groups -OCH3 is 2. The van der Waals surface area contributed by atoms with Crippen LogP contribution in [0.2, 0.25) is 0 Å². The third kappa shape index (κ3) is 6.03. The average molecular weight is 372 g/mol. The van der Waals surface area contributed by atoms with Gasteiger partial charge in [-0.15, -0.1) is 0 Å². The van der Waals surface area contributed by atoms with Crippen molar-refractivity contribution in [3.63, 3.8) is 0 Å². The Labute approximate surface area is 156 Å². The minimum atomic E-state index is -0.737. The number of esters is 1. The molecule has 0 atom stereocenters. The van der Waals surface area contributed by atoms with E-state index < -0.39 is 24.4 Å². The topological polar surface area (TPSA) is 103 Å². The van der Waals surface area contributed by atoms with E-state index in [1.165, 1.54) is 14.2 Å². The molecular formula is C19H20N2O6. The fourth-order valence-corrected chi connectivity index (χ4v) is 2.17. The molecule has 0 aromatic heterocycles. The van der Waals surface area contributed by atoms with Crippen molar-refractivity contribution in [3.05, 3.63) is 54.1 Å². The minimum absolute atomic E-state index is 0.295. The number of hydrogen-bond acceptors (Lipinski definition) is 6. The number of ether oxygens (including phenoxy) is 3. The lowest BCUT2D eigenvalue weighted by Gasteiger charge is -2.10. The molecule has 2 aromatic carbocycles. The molecule has 27 heavy (non-hydrogen) atoms.